The quantitative estimate of drug-likeness (QED) is 0.742. The van der Waals surface area contributed by atoms with E-state index >= 15 is 0 Å². The lowest BCUT2D eigenvalue weighted by molar-refractivity contribution is 0.222. The minimum Gasteiger partial charge on any atom is -0.360 e. The third kappa shape index (κ3) is 4.61. The molecule has 0 unspecified atom stereocenters. The van der Waals surface area contributed by atoms with Gasteiger partial charge >= 0.3 is 0 Å². The fourth-order valence-electron chi connectivity index (χ4n) is 3.45. The summed E-state index contributed by atoms with van der Waals surface area (Å²) in [5, 5.41) is 14.9. The number of aromatic nitrogens is 1. The maximum absolute atomic E-state index is 12.9. The Bertz CT molecular complexity index is 994. The Morgan fingerprint density at radius 3 is 2.46 bits per heavy atom. The van der Waals surface area contributed by atoms with Crippen molar-refractivity contribution in [2.24, 2.45) is 11.8 Å². The topological polar surface area (TPSA) is 86.1 Å². The van der Waals surface area contributed by atoms with Crippen LogP contribution in [0, 0.1) is 30.1 Å². The van der Waals surface area contributed by atoms with E-state index in [1.54, 1.807) is 34.8 Å². The SMILES string of the molecule is Cc1csc(/C(C#N)=C/Nc2ccc(S(=O)(=O)N3C[C@@H](C)C[C@H](C)C3)cc2)n1. The average molecular weight is 417 g/mol. The van der Waals surface area contributed by atoms with Crippen LogP contribution in [-0.2, 0) is 10.0 Å². The van der Waals surface area contributed by atoms with E-state index < -0.39 is 10.0 Å². The average Bonchev–Trinajstić information content (AvgIpc) is 3.08. The van der Waals surface area contributed by atoms with E-state index in [1.807, 2.05) is 12.3 Å². The molecular formula is C20H24N4O2S2. The molecule has 2 heterocycles. The normalized spacial score (nSPS) is 21.3. The van der Waals surface area contributed by atoms with E-state index in [0.717, 1.165) is 12.1 Å². The molecule has 1 aromatic heterocycles. The van der Waals surface area contributed by atoms with Crippen molar-refractivity contribution in [2.75, 3.05) is 18.4 Å². The van der Waals surface area contributed by atoms with Crippen molar-refractivity contribution in [2.45, 2.75) is 32.1 Å². The highest BCUT2D eigenvalue weighted by Crippen LogP contribution is 2.27. The van der Waals surface area contributed by atoms with Gasteiger partial charge in [-0.05, 0) is 49.4 Å². The fourth-order valence-corrected chi connectivity index (χ4v) is 5.89. The van der Waals surface area contributed by atoms with Crippen molar-refractivity contribution < 1.29 is 8.42 Å². The lowest BCUT2D eigenvalue weighted by Gasteiger charge is -2.34. The van der Waals surface area contributed by atoms with Crippen LogP contribution in [0.25, 0.3) is 5.57 Å². The van der Waals surface area contributed by atoms with Gasteiger partial charge in [-0.25, -0.2) is 13.4 Å². The molecule has 1 fully saturated rings. The summed E-state index contributed by atoms with van der Waals surface area (Å²) in [7, 11) is -3.49. The number of sulfonamides is 1. The molecule has 1 aliphatic heterocycles. The van der Waals surface area contributed by atoms with Crippen LogP contribution >= 0.6 is 11.3 Å². The van der Waals surface area contributed by atoms with Gasteiger partial charge < -0.3 is 5.32 Å². The van der Waals surface area contributed by atoms with E-state index in [2.05, 4.69) is 30.2 Å². The van der Waals surface area contributed by atoms with Crippen molar-refractivity contribution in [3.05, 3.63) is 46.5 Å². The van der Waals surface area contributed by atoms with Gasteiger partial charge in [0, 0.05) is 36.1 Å². The Labute approximate surface area is 170 Å². The van der Waals surface area contributed by atoms with Crippen molar-refractivity contribution in [1.29, 1.82) is 5.26 Å². The molecule has 3 rings (SSSR count). The van der Waals surface area contributed by atoms with E-state index in [1.165, 1.54) is 11.3 Å². The highest BCUT2D eigenvalue weighted by molar-refractivity contribution is 7.89. The van der Waals surface area contributed by atoms with Crippen LogP contribution in [0.4, 0.5) is 5.69 Å². The molecule has 1 aromatic carbocycles. The molecule has 2 aromatic rings. The Balaban J connectivity index is 1.74. The van der Waals surface area contributed by atoms with Crippen LogP contribution in [-0.4, -0.2) is 30.8 Å². The highest BCUT2D eigenvalue weighted by atomic mass is 32.2. The monoisotopic (exact) mass is 416 g/mol. The second-order valence-electron chi connectivity index (χ2n) is 7.40. The Morgan fingerprint density at radius 2 is 1.93 bits per heavy atom. The third-order valence-corrected chi connectivity index (χ3v) is 7.52. The molecule has 0 bridgehead atoms. The maximum Gasteiger partial charge on any atom is 0.243 e. The third-order valence-electron chi connectivity index (χ3n) is 4.68. The first-order chi connectivity index (χ1) is 13.3. The summed E-state index contributed by atoms with van der Waals surface area (Å²) in [6.07, 6.45) is 2.65. The van der Waals surface area contributed by atoms with Crippen LogP contribution in [0.15, 0.2) is 40.7 Å². The van der Waals surface area contributed by atoms with Gasteiger partial charge in [0.25, 0.3) is 0 Å². The van der Waals surface area contributed by atoms with Gasteiger partial charge in [-0.15, -0.1) is 11.3 Å². The van der Waals surface area contributed by atoms with Gasteiger partial charge in [-0.1, -0.05) is 13.8 Å². The van der Waals surface area contributed by atoms with Gasteiger partial charge in [0.05, 0.1) is 4.90 Å². The number of piperidine rings is 1. The molecule has 0 spiro atoms. The van der Waals surface area contributed by atoms with Crippen LogP contribution in [0.1, 0.15) is 31.0 Å². The molecule has 2 atom stereocenters. The molecular weight excluding hydrogens is 392 g/mol. The zero-order valence-electron chi connectivity index (χ0n) is 16.2. The molecule has 0 radical (unpaired) electrons. The van der Waals surface area contributed by atoms with Gasteiger partial charge in [-0.2, -0.15) is 9.57 Å². The van der Waals surface area contributed by atoms with E-state index in [0.29, 0.717) is 46.1 Å². The van der Waals surface area contributed by atoms with Crippen molar-refractivity contribution in [3.8, 4) is 6.07 Å². The second kappa shape index (κ2) is 8.43. The highest BCUT2D eigenvalue weighted by Gasteiger charge is 2.31. The predicted octanol–water partition coefficient (Wildman–Crippen LogP) is 4.09. The summed E-state index contributed by atoms with van der Waals surface area (Å²) in [5.41, 5.74) is 2.02. The molecule has 28 heavy (non-hydrogen) atoms. The summed E-state index contributed by atoms with van der Waals surface area (Å²) >= 11 is 1.41. The minimum absolute atomic E-state index is 0.291. The lowest BCUT2D eigenvalue weighted by Crippen LogP contribution is -2.42. The number of hydrogen-bond donors (Lipinski definition) is 1. The zero-order chi connectivity index (χ0) is 20.3. The number of rotatable bonds is 5. The fraction of sp³-hybridized carbons (Fsp3) is 0.400. The van der Waals surface area contributed by atoms with E-state index in [9.17, 15) is 13.7 Å². The lowest BCUT2D eigenvalue weighted by atomic mass is 9.94. The summed E-state index contributed by atoms with van der Waals surface area (Å²) in [6, 6.07) is 8.77. The molecule has 148 valence electrons. The Hall–Kier alpha value is -2.21. The molecule has 8 heteroatoms. The standard InChI is InChI=1S/C20H24N4O2S2/c1-14-8-15(2)12-24(11-14)28(25,26)19-6-4-18(5-7-19)22-10-17(9-21)20-23-16(3)13-27-20/h4-7,10,13-15,22H,8,11-12H2,1-3H3/b17-10+/t14-,15-/m0/s1. The number of nitriles is 1. The van der Waals surface area contributed by atoms with Gasteiger partial charge in [0.1, 0.15) is 16.6 Å². The number of hydrogen-bond acceptors (Lipinski definition) is 6. The van der Waals surface area contributed by atoms with Gasteiger partial charge in [0.15, 0.2) is 0 Å². The number of nitrogens with zero attached hydrogens (tertiary/aromatic N) is 3. The minimum atomic E-state index is -3.49. The Kier molecular flexibility index (Phi) is 6.18. The molecule has 0 amide bonds. The number of allylic oxidation sites excluding steroid dienone is 1. The largest absolute Gasteiger partial charge is 0.360 e. The molecule has 0 saturated carbocycles. The summed E-state index contributed by atoms with van der Waals surface area (Å²) in [6.45, 7) is 7.19. The number of benzene rings is 1. The first-order valence-electron chi connectivity index (χ1n) is 9.19. The van der Waals surface area contributed by atoms with Gasteiger partial charge in [-0.3, -0.25) is 0 Å². The first kappa shape index (κ1) is 20.5. The second-order valence-corrected chi connectivity index (χ2v) is 10.2. The molecule has 1 N–H and O–H groups in total. The number of thiazole rings is 1. The first-order valence-corrected chi connectivity index (χ1v) is 11.5. The maximum atomic E-state index is 12.9. The van der Waals surface area contributed by atoms with E-state index in [-0.39, 0.29) is 0 Å². The van der Waals surface area contributed by atoms with Crippen LogP contribution < -0.4 is 5.32 Å². The number of nitrogens with one attached hydrogen (secondary N) is 1. The van der Waals surface area contributed by atoms with Crippen molar-refractivity contribution in [3.63, 3.8) is 0 Å². The zero-order valence-corrected chi connectivity index (χ0v) is 17.8. The van der Waals surface area contributed by atoms with E-state index in [4.69, 9.17) is 0 Å². The van der Waals surface area contributed by atoms with Crippen molar-refractivity contribution in [1.82, 2.24) is 9.29 Å². The number of aryl methyl sites for hydroxylation is 1. The summed E-state index contributed by atoms with van der Waals surface area (Å²) in [5.74, 6) is 0.729. The molecule has 1 aliphatic rings. The van der Waals surface area contributed by atoms with Gasteiger partial charge in [0.2, 0.25) is 10.0 Å². The summed E-state index contributed by atoms with van der Waals surface area (Å²) < 4.78 is 27.5. The number of anilines is 1. The van der Waals surface area contributed by atoms with Crippen molar-refractivity contribution >= 4 is 32.6 Å². The Morgan fingerprint density at radius 1 is 1.29 bits per heavy atom. The molecule has 0 aliphatic carbocycles. The van der Waals surface area contributed by atoms with Crippen LogP contribution in [0.2, 0.25) is 0 Å². The molecule has 6 nitrogen and oxygen atoms in total. The smallest absolute Gasteiger partial charge is 0.243 e. The summed E-state index contributed by atoms with van der Waals surface area (Å²) in [4.78, 5) is 4.60. The molecule has 1 saturated heterocycles. The van der Waals surface area contributed by atoms with Crippen LogP contribution in [0.5, 0.6) is 0 Å². The predicted molar refractivity (Wildman–Crippen MR) is 112 cm³/mol. The van der Waals surface area contributed by atoms with Crippen LogP contribution in [0.3, 0.4) is 0 Å².